The normalized spacial score (nSPS) is 19.1. The summed E-state index contributed by atoms with van der Waals surface area (Å²) in [5.74, 6) is 0. The molecule has 1 atom stereocenters. The van der Waals surface area contributed by atoms with E-state index in [0.29, 0.717) is 13.0 Å². The van der Waals surface area contributed by atoms with Gasteiger partial charge in [0.2, 0.25) is 0 Å². The molecule has 0 heterocycles. The molecule has 2 N–H and O–H groups in total. The van der Waals surface area contributed by atoms with Crippen LogP contribution < -0.4 is 4.72 Å². The fraction of sp³-hybridized carbons (Fsp3) is 0.571. The molecule has 0 saturated heterocycles. The van der Waals surface area contributed by atoms with Gasteiger partial charge in [-0.15, -0.1) is 0 Å². The Morgan fingerprint density at radius 1 is 1.40 bits per heavy atom. The summed E-state index contributed by atoms with van der Waals surface area (Å²) in [6.45, 7) is 0.312. The second-order valence-corrected chi connectivity index (χ2v) is 6.97. The first-order valence-corrected chi connectivity index (χ1v) is 8.41. The Labute approximate surface area is 120 Å². The Morgan fingerprint density at radius 3 is 2.90 bits per heavy atom. The summed E-state index contributed by atoms with van der Waals surface area (Å²) in [6.07, 6.45) is 3.27. The van der Waals surface area contributed by atoms with E-state index in [4.69, 9.17) is 5.11 Å². The molecule has 6 heteroatoms. The average Bonchev–Trinajstić information content (AvgIpc) is 2.44. The average molecular weight is 298 g/mol. The van der Waals surface area contributed by atoms with Crippen LogP contribution in [-0.4, -0.2) is 38.0 Å². The first-order chi connectivity index (χ1) is 9.54. The van der Waals surface area contributed by atoms with Gasteiger partial charge in [0.05, 0.1) is 0 Å². The maximum absolute atomic E-state index is 12.2. The number of aliphatic hydroxyl groups excluding tert-OH is 1. The molecular weight excluding hydrogens is 276 g/mol. The minimum Gasteiger partial charge on any atom is -0.396 e. The Balaban J connectivity index is 2.10. The summed E-state index contributed by atoms with van der Waals surface area (Å²) >= 11 is 0. The monoisotopic (exact) mass is 298 g/mol. The van der Waals surface area contributed by atoms with Crippen LogP contribution in [0.15, 0.2) is 24.3 Å². The number of nitrogens with one attached hydrogen (secondary N) is 1. The molecule has 0 radical (unpaired) electrons. The van der Waals surface area contributed by atoms with Crippen LogP contribution in [0.3, 0.4) is 0 Å². The summed E-state index contributed by atoms with van der Waals surface area (Å²) in [5, 5.41) is 8.79. The van der Waals surface area contributed by atoms with Crippen molar-refractivity contribution in [3.8, 4) is 0 Å². The quantitative estimate of drug-likeness (QED) is 0.829. The SMILES string of the molecule is CN(CCCO)S(=O)(=O)NC1CCCc2ccccc21. The summed E-state index contributed by atoms with van der Waals surface area (Å²) in [4.78, 5) is 0. The molecule has 0 aliphatic heterocycles. The largest absolute Gasteiger partial charge is 0.396 e. The van der Waals surface area contributed by atoms with Crippen molar-refractivity contribution in [2.24, 2.45) is 0 Å². The predicted octanol–water partition coefficient (Wildman–Crippen LogP) is 1.21. The van der Waals surface area contributed by atoms with Gasteiger partial charge >= 0.3 is 0 Å². The van der Waals surface area contributed by atoms with Crippen LogP contribution in [0.4, 0.5) is 0 Å². The molecule has 0 bridgehead atoms. The highest BCUT2D eigenvalue weighted by Gasteiger charge is 2.26. The van der Waals surface area contributed by atoms with Crippen molar-refractivity contribution in [2.75, 3.05) is 20.2 Å². The smallest absolute Gasteiger partial charge is 0.279 e. The molecule has 112 valence electrons. The highest BCUT2D eigenvalue weighted by Crippen LogP contribution is 2.30. The van der Waals surface area contributed by atoms with Crippen molar-refractivity contribution in [3.63, 3.8) is 0 Å². The summed E-state index contributed by atoms with van der Waals surface area (Å²) in [6, 6.07) is 7.84. The molecule has 1 unspecified atom stereocenters. The van der Waals surface area contributed by atoms with E-state index >= 15 is 0 Å². The zero-order valence-corrected chi connectivity index (χ0v) is 12.6. The van der Waals surface area contributed by atoms with Crippen LogP contribution in [0.25, 0.3) is 0 Å². The van der Waals surface area contributed by atoms with Crippen LogP contribution >= 0.6 is 0 Å². The van der Waals surface area contributed by atoms with E-state index in [-0.39, 0.29) is 12.6 Å². The highest BCUT2D eigenvalue weighted by atomic mass is 32.2. The first kappa shape index (κ1) is 15.4. The third kappa shape index (κ3) is 3.58. The first-order valence-electron chi connectivity index (χ1n) is 6.97. The maximum atomic E-state index is 12.2. The van der Waals surface area contributed by atoms with Gasteiger partial charge in [0, 0.05) is 26.2 Å². The van der Waals surface area contributed by atoms with Crippen LogP contribution in [0.5, 0.6) is 0 Å². The van der Waals surface area contributed by atoms with E-state index < -0.39 is 10.2 Å². The highest BCUT2D eigenvalue weighted by molar-refractivity contribution is 7.87. The molecule has 5 nitrogen and oxygen atoms in total. The van der Waals surface area contributed by atoms with E-state index in [2.05, 4.69) is 10.8 Å². The molecule has 20 heavy (non-hydrogen) atoms. The molecule has 1 aromatic rings. The van der Waals surface area contributed by atoms with E-state index in [1.165, 1.54) is 16.9 Å². The van der Waals surface area contributed by atoms with Crippen molar-refractivity contribution in [2.45, 2.75) is 31.7 Å². The van der Waals surface area contributed by atoms with Crippen molar-refractivity contribution in [3.05, 3.63) is 35.4 Å². The number of aryl methyl sites for hydroxylation is 1. The fourth-order valence-corrected chi connectivity index (χ4v) is 3.71. The van der Waals surface area contributed by atoms with Gasteiger partial charge in [-0.05, 0) is 36.8 Å². The van der Waals surface area contributed by atoms with Gasteiger partial charge in [-0.1, -0.05) is 24.3 Å². The van der Waals surface area contributed by atoms with Crippen LogP contribution in [-0.2, 0) is 16.6 Å². The Morgan fingerprint density at radius 2 is 2.15 bits per heavy atom. The number of benzene rings is 1. The lowest BCUT2D eigenvalue weighted by molar-refractivity contribution is 0.275. The molecule has 0 amide bonds. The minimum absolute atomic E-state index is 0.00782. The van der Waals surface area contributed by atoms with E-state index in [0.717, 1.165) is 24.8 Å². The number of hydrogen-bond acceptors (Lipinski definition) is 3. The van der Waals surface area contributed by atoms with Gasteiger partial charge in [0.1, 0.15) is 0 Å². The molecule has 1 aliphatic carbocycles. The van der Waals surface area contributed by atoms with Crippen molar-refractivity contribution in [1.82, 2.24) is 9.03 Å². The second-order valence-electron chi connectivity index (χ2n) is 5.17. The minimum atomic E-state index is -3.50. The van der Waals surface area contributed by atoms with Gasteiger partial charge in [-0.3, -0.25) is 0 Å². The predicted molar refractivity (Wildman–Crippen MR) is 78.5 cm³/mol. The molecule has 0 spiro atoms. The number of rotatable bonds is 6. The lowest BCUT2D eigenvalue weighted by Crippen LogP contribution is -2.41. The summed E-state index contributed by atoms with van der Waals surface area (Å²) in [7, 11) is -1.97. The van der Waals surface area contributed by atoms with E-state index in [9.17, 15) is 8.42 Å². The third-order valence-corrected chi connectivity index (χ3v) is 5.29. The lowest BCUT2D eigenvalue weighted by atomic mass is 9.88. The summed E-state index contributed by atoms with van der Waals surface area (Å²) in [5.41, 5.74) is 2.31. The molecular formula is C14H22N2O3S. The molecule has 0 saturated carbocycles. The van der Waals surface area contributed by atoms with Crippen LogP contribution in [0, 0.1) is 0 Å². The van der Waals surface area contributed by atoms with Crippen molar-refractivity contribution >= 4 is 10.2 Å². The van der Waals surface area contributed by atoms with Gasteiger partial charge in [0.15, 0.2) is 0 Å². The molecule has 1 aliphatic rings. The number of hydrogen-bond donors (Lipinski definition) is 2. The van der Waals surface area contributed by atoms with E-state index in [1.807, 2.05) is 18.2 Å². The van der Waals surface area contributed by atoms with Gasteiger partial charge < -0.3 is 5.11 Å². The Kier molecular flexibility index (Phi) is 5.15. The lowest BCUT2D eigenvalue weighted by Gasteiger charge is -2.28. The van der Waals surface area contributed by atoms with Gasteiger partial charge in [-0.25, -0.2) is 0 Å². The zero-order valence-electron chi connectivity index (χ0n) is 11.7. The van der Waals surface area contributed by atoms with Crippen molar-refractivity contribution < 1.29 is 13.5 Å². The van der Waals surface area contributed by atoms with E-state index in [1.54, 1.807) is 0 Å². The number of nitrogens with zero attached hydrogens (tertiary/aromatic N) is 1. The number of fused-ring (bicyclic) bond motifs is 1. The standard InChI is InChI=1S/C14H22N2O3S/c1-16(10-5-11-17)20(18,19)15-14-9-4-7-12-6-2-3-8-13(12)14/h2-3,6,8,14-15,17H,4-5,7,9-11H2,1H3. The van der Waals surface area contributed by atoms with Gasteiger partial charge in [0.25, 0.3) is 10.2 Å². The Bertz CT molecular complexity index is 545. The molecule has 0 aromatic heterocycles. The topological polar surface area (TPSA) is 69.6 Å². The van der Waals surface area contributed by atoms with Crippen LogP contribution in [0.1, 0.15) is 36.4 Å². The molecule has 0 fully saturated rings. The molecule has 2 rings (SSSR count). The van der Waals surface area contributed by atoms with Crippen LogP contribution in [0.2, 0.25) is 0 Å². The fourth-order valence-electron chi connectivity index (χ4n) is 2.56. The second kappa shape index (κ2) is 6.67. The molecule has 1 aromatic carbocycles. The number of aliphatic hydroxyl groups is 1. The summed E-state index contributed by atoms with van der Waals surface area (Å²) < 4.78 is 28.5. The van der Waals surface area contributed by atoms with Crippen molar-refractivity contribution in [1.29, 1.82) is 0 Å². The maximum Gasteiger partial charge on any atom is 0.279 e. The third-order valence-electron chi connectivity index (χ3n) is 3.70. The zero-order chi connectivity index (χ0) is 14.6. The van der Waals surface area contributed by atoms with Gasteiger partial charge in [-0.2, -0.15) is 17.4 Å². The Hall–Kier alpha value is -0.950.